The van der Waals surface area contributed by atoms with Crippen LogP contribution in [-0.2, 0) is 0 Å². The van der Waals surface area contributed by atoms with Crippen molar-refractivity contribution in [2.75, 3.05) is 44.6 Å². The van der Waals surface area contributed by atoms with Gasteiger partial charge in [-0.2, -0.15) is 5.10 Å². The number of carbonyl (C=O) groups is 1. The normalized spacial score (nSPS) is 20.6. The highest BCUT2D eigenvalue weighted by atomic mass is 16.2. The second-order valence-corrected chi connectivity index (χ2v) is 8.52. The zero-order valence-corrected chi connectivity index (χ0v) is 17.6. The third kappa shape index (κ3) is 4.82. The first-order valence-corrected chi connectivity index (χ1v) is 10.5. The molecule has 2 fully saturated rings. The lowest BCUT2D eigenvalue weighted by Gasteiger charge is -2.43. The van der Waals surface area contributed by atoms with Gasteiger partial charge in [-0.3, -0.25) is 14.9 Å². The number of aromatic nitrogens is 2. The van der Waals surface area contributed by atoms with Crippen LogP contribution in [0.25, 0.3) is 0 Å². The van der Waals surface area contributed by atoms with Crippen molar-refractivity contribution >= 4 is 11.8 Å². The zero-order valence-electron chi connectivity index (χ0n) is 17.6. The van der Waals surface area contributed by atoms with E-state index in [1.165, 1.54) is 25.9 Å². The molecule has 0 aliphatic carbocycles. The van der Waals surface area contributed by atoms with Gasteiger partial charge in [0.15, 0.2) is 5.82 Å². The van der Waals surface area contributed by atoms with Crippen LogP contribution in [0.3, 0.4) is 0 Å². The van der Waals surface area contributed by atoms with E-state index >= 15 is 0 Å². The van der Waals surface area contributed by atoms with Crippen molar-refractivity contribution in [2.45, 2.75) is 65.6 Å². The highest BCUT2D eigenvalue weighted by molar-refractivity contribution is 5.88. The molecule has 7 nitrogen and oxygen atoms in total. The smallest absolute Gasteiger partial charge is 0.322 e. The fourth-order valence-electron chi connectivity index (χ4n) is 4.32. The van der Waals surface area contributed by atoms with Crippen molar-refractivity contribution in [2.24, 2.45) is 0 Å². The molecular formula is C20H36N6O. The molecule has 152 valence electrons. The third-order valence-electron chi connectivity index (χ3n) is 5.99. The van der Waals surface area contributed by atoms with Crippen LogP contribution in [0, 0.1) is 6.92 Å². The number of anilines is 1. The molecule has 3 rings (SSSR count). The number of hydrogen-bond donors (Lipinski definition) is 1. The van der Waals surface area contributed by atoms with Gasteiger partial charge in [0.25, 0.3) is 0 Å². The van der Waals surface area contributed by atoms with Crippen LogP contribution in [-0.4, -0.2) is 81.9 Å². The summed E-state index contributed by atoms with van der Waals surface area (Å²) in [5, 5.41) is 7.47. The van der Waals surface area contributed by atoms with Gasteiger partial charge >= 0.3 is 6.03 Å². The standard InChI is InChI=1S/C20H36N6O/c1-15(2)23-8-6-18(7-9-23)24-10-12-25(13-11-24)20(27)21-19-14-17(5)26(22-19)16(3)4/h14-16,18H,6-13H2,1-5H3,(H,21,22,27). The van der Waals surface area contributed by atoms with E-state index in [0.29, 0.717) is 23.9 Å². The Kier molecular flexibility index (Phi) is 6.42. The lowest BCUT2D eigenvalue weighted by molar-refractivity contribution is 0.0622. The lowest BCUT2D eigenvalue weighted by atomic mass is 10.0. The summed E-state index contributed by atoms with van der Waals surface area (Å²) in [5.74, 6) is 0.648. The molecule has 0 bridgehead atoms. The van der Waals surface area contributed by atoms with E-state index in [0.717, 1.165) is 31.9 Å². The van der Waals surface area contributed by atoms with Crippen molar-refractivity contribution in [1.82, 2.24) is 24.5 Å². The monoisotopic (exact) mass is 376 g/mol. The van der Waals surface area contributed by atoms with Crippen LogP contribution < -0.4 is 5.32 Å². The van der Waals surface area contributed by atoms with E-state index < -0.39 is 0 Å². The number of rotatable bonds is 4. The van der Waals surface area contributed by atoms with Crippen LogP contribution in [0.2, 0.25) is 0 Å². The van der Waals surface area contributed by atoms with Crippen LogP contribution in [0.15, 0.2) is 6.07 Å². The minimum Gasteiger partial charge on any atom is -0.322 e. The first kappa shape index (κ1) is 20.1. The molecule has 1 aromatic rings. The van der Waals surface area contributed by atoms with Crippen LogP contribution in [0.5, 0.6) is 0 Å². The Hall–Kier alpha value is -1.60. The highest BCUT2D eigenvalue weighted by Crippen LogP contribution is 2.20. The van der Waals surface area contributed by atoms with Gasteiger partial charge in [-0.05, 0) is 60.5 Å². The molecule has 1 N–H and O–H groups in total. The zero-order chi connectivity index (χ0) is 19.6. The Morgan fingerprint density at radius 1 is 1.04 bits per heavy atom. The molecule has 0 unspecified atom stereocenters. The van der Waals surface area contributed by atoms with Crippen LogP contribution in [0.4, 0.5) is 10.6 Å². The van der Waals surface area contributed by atoms with E-state index in [4.69, 9.17) is 0 Å². The number of amides is 2. The Balaban J connectivity index is 1.46. The van der Waals surface area contributed by atoms with Crippen LogP contribution in [0.1, 0.15) is 52.3 Å². The van der Waals surface area contributed by atoms with Gasteiger partial charge in [0.1, 0.15) is 0 Å². The molecule has 2 saturated heterocycles. The Morgan fingerprint density at radius 3 is 2.19 bits per heavy atom. The Morgan fingerprint density at radius 2 is 1.67 bits per heavy atom. The fourth-order valence-corrected chi connectivity index (χ4v) is 4.32. The van der Waals surface area contributed by atoms with Gasteiger partial charge in [0.2, 0.25) is 0 Å². The summed E-state index contributed by atoms with van der Waals surface area (Å²) in [5.41, 5.74) is 1.07. The average Bonchev–Trinajstić information content (AvgIpc) is 3.02. The maximum absolute atomic E-state index is 12.6. The number of piperidine rings is 1. The second-order valence-electron chi connectivity index (χ2n) is 8.52. The quantitative estimate of drug-likeness (QED) is 0.878. The molecular weight excluding hydrogens is 340 g/mol. The van der Waals surface area contributed by atoms with E-state index in [1.807, 2.05) is 22.6 Å². The summed E-state index contributed by atoms with van der Waals surface area (Å²) >= 11 is 0. The largest absolute Gasteiger partial charge is 0.323 e. The van der Waals surface area contributed by atoms with Gasteiger partial charge in [-0.25, -0.2) is 4.79 Å². The van der Waals surface area contributed by atoms with E-state index in [2.05, 4.69) is 47.9 Å². The number of piperazine rings is 1. The first-order valence-electron chi connectivity index (χ1n) is 10.5. The minimum atomic E-state index is -0.0299. The molecule has 0 saturated carbocycles. The van der Waals surface area contributed by atoms with E-state index in [9.17, 15) is 4.79 Å². The van der Waals surface area contributed by atoms with Crippen molar-refractivity contribution in [3.05, 3.63) is 11.8 Å². The number of carbonyl (C=O) groups excluding carboxylic acids is 1. The fraction of sp³-hybridized carbons (Fsp3) is 0.800. The molecule has 1 aromatic heterocycles. The number of nitrogens with one attached hydrogen (secondary N) is 1. The summed E-state index contributed by atoms with van der Waals surface area (Å²) in [6.07, 6.45) is 2.49. The average molecular weight is 377 g/mol. The number of likely N-dealkylation sites (tertiary alicyclic amines) is 1. The second kappa shape index (κ2) is 8.61. The maximum Gasteiger partial charge on any atom is 0.323 e. The number of hydrogen-bond acceptors (Lipinski definition) is 4. The number of nitrogens with zero attached hydrogens (tertiary/aromatic N) is 5. The highest BCUT2D eigenvalue weighted by Gasteiger charge is 2.29. The van der Waals surface area contributed by atoms with E-state index in [-0.39, 0.29) is 6.03 Å². The third-order valence-corrected chi connectivity index (χ3v) is 5.99. The predicted molar refractivity (Wildman–Crippen MR) is 109 cm³/mol. The van der Waals surface area contributed by atoms with Gasteiger partial charge < -0.3 is 9.80 Å². The Labute approximate surface area is 163 Å². The molecule has 0 atom stereocenters. The van der Waals surface area contributed by atoms with Gasteiger partial charge in [-0.1, -0.05) is 0 Å². The topological polar surface area (TPSA) is 56.6 Å². The molecule has 0 aromatic carbocycles. The van der Waals surface area contributed by atoms with Gasteiger partial charge in [-0.15, -0.1) is 0 Å². The van der Waals surface area contributed by atoms with Crippen molar-refractivity contribution in [1.29, 1.82) is 0 Å². The molecule has 3 heterocycles. The molecule has 2 aliphatic heterocycles. The summed E-state index contributed by atoms with van der Waals surface area (Å²) in [7, 11) is 0. The maximum atomic E-state index is 12.6. The molecule has 27 heavy (non-hydrogen) atoms. The lowest BCUT2D eigenvalue weighted by Crippen LogP contribution is -2.55. The van der Waals surface area contributed by atoms with E-state index in [1.54, 1.807) is 0 Å². The molecule has 2 aliphatic rings. The number of urea groups is 1. The molecule has 2 amide bonds. The summed E-state index contributed by atoms with van der Waals surface area (Å²) in [6.45, 7) is 16.7. The molecule has 0 radical (unpaired) electrons. The first-order chi connectivity index (χ1) is 12.8. The van der Waals surface area contributed by atoms with Crippen molar-refractivity contribution < 1.29 is 4.79 Å². The summed E-state index contributed by atoms with van der Waals surface area (Å²) in [4.78, 5) is 19.7. The Bertz CT molecular complexity index is 624. The minimum absolute atomic E-state index is 0.0299. The van der Waals surface area contributed by atoms with Gasteiger partial charge in [0.05, 0.1) is 0 Å². The molecule has 7 heteroatoms. The van der Waals surface area contributed by atoms with Gasteiger partial charge in [0, 0.05) is 56.1 Å². The van der Waals surface area contributed by atoms with Crippen molar-refractivity contribution in [3.63, 3.8) is 0 Å². The predicted octanol–water partition coefficient (Wildman–Crippen LogP) is 2.79. The van der Waals surface area contributed by atoms with Crippen molar-refractivity contribution in [3.8, 4) is 0 Å². The summed E-state index contributed by atoms with van der Waals surface area (Å²) < 4.78 is 1.94. The SMILES string of the molecule is Cc1cc(NC(=O)N2CCN(C3CCN(C(C)C)CC3)CC2)nn1C(C)C. The molecule has 0 spiro atoms. The summed E-state index contributed by atoms with van der Waals surface area (Å²) in [6, 6.07) is 3.53. The number of aryl methyl sites for hydroxylation is 1. The van der Waals surface area contributed by atoms with Crippen LogP contribution >= 0.6 is 0 Å².